The summed E-state index contributed by atoms with van der Waals surface area (Å²) in [6.45, 7) is 4.79. The van der Waals surface area contributed by atoms with Crippen molar-refractivity contribution in [3.63, 3.8) is 0 Å². The monoisotopic (exact) mass is 645 g/mol. The molecule has 0 spiro atoms. The summed E-state index contributed by atoms with van der Waals surface area (Å²) in [5.41, 5.74) is 2.53. The lowest BCUT2D eigenvalue weighted by molar-refractivity contribution is -0.136. The van der Waals surface area contributed by atoms with Gasteiger partial charge in [-0.25, -0.2) is 9.79 Å². The Bertz CT molecular complexity index is 2250. The number of fused-ring (bicyclic) bond motifs is 2. The maximum atomic E-state index is 14.3. The summed E-state index contributed by atoms with van der Waals surface area (Å²) in [5, 5.41) is 11.4. The van der Waals surface area contributed by atoms with Crippen LogP contribution in [0.4, 0.5) is 0 Å². The Labute approximate surface area is 274 Å². The van der Waals surface area contributed by atoms with Gasteiger partial charge in [-0.05, 0) is 60.5 Å². The van der Waals surface area contributed by atoms with E-state index in [9.17, 15) is 14.9 Å². The lowest BCUT2D eigenvalue weighted by Crippen LogP contribution is -2.39. The molecule has 5 aromatic rings. The van der Waals surface area contributed by atoms with Gasteiger partial charge in [0.15, 0.2) is 16.3 Å². The van der Waals surface area contributed by atoms with Gasteiger partial charge in [-0.3, -0.25) is 9.36 Å². The van der Waals surface area contributed by atoms with Crippen molar-refractivity contribution in [1.29, 1.82) is 5.26 Å². The number of carbonyl (C=O) groups excluding carboxylic acids is 1. The maximum Gasteiger partial charge on any atom is 0.337 e. The van der Waals surface area contributed by atoms with Crippen molar-refractivity contribution >= 4 is 34.2 Å². The van der Waals surface area contributed by atoms with Crippen LogP contribution in [0.2, 0.25) is 0 Å². The summed E-state index contributed by atoms with van der Waals surface area (Å²) in [4.78, 5) is 32.3. The number of ether oxygens (including phenoxy) is 4. The van der Waals surface area contributed by atoms with E-state index in [0.29, 0.717) is 56.5 Å². The minimum atomic E-state index is -0.818. The summed E-state index contributed by atoms with van der Waals surface area (Å²) < 4.78 is 24.9. The first-order valence-corrected chi connectivity index (χ1v) is 15.9. The lowest BCUT2D eigenvalue weighted by atomic mass is 9.97. The smallest absolute Gasteiger partial charge is 0.337 e. The van der Waals surface area contributed by atoms with Crippen molar-refractivity contribution in [1.82, 2.24) is 4.57 Å². The van der Waals surface area contributed by atoms with Crippen LogP contribution in [0, 0.1) is 11.3 Å². The third kappa shape index (κ3) is 6.13. The molecule has 0 N–H and O–H groups in total. The van der Waals surface area contributed by atoms with Crippen LogP contribution in [0.25, 0.3) is 16.8 Å². The molecule has 0 aliphatic carbocycles. The first kappa shape index (κ1) is 31.3. The van der Waals surface area contributed by atoms with Gasteiger partial charge in [0.25, 0.3) is 5.56 Å². The molecule has 0 saturated carbocycles. The molecule has 0 unspecified atom stereocenters. The average Bonchev–Trinajstić information content (AvgIpc) is 3.42. The molecule has 6 rings (SSSR count). The molecule has 4 aromatic carbocycles. The van der Waals surface area contributed by atoms with Crippen LogP contribution < -0.4 is 29.1 Å². The summed E-state index contributed by atoms with van der Waals surface area (Å²) in [6, 6.07) is 25.7. The SMILES string of the molecule is CCOc1ccc([C@H]2C(C(=O)OC)=CN=c3s/c(=C/c4c(OCc5ccccc5C#N)ccc5ccccc45)c(=O)n32)cc1OCC. The molecule has 1 aliphatic rings. The first-order chi connectivity index (χ1) is 23.0. The highest BCUT2D eigenvalue weighted by Crippen LogP contribution is 2.35. The number of aromatic nitrogens is 1. The number of hydrogen-bond donors (Lipinski definition) is 0. The number of hydrogen-bond acceptors (Lipinski definition) is 9. The van der Waals surface area contributed by atoms with Crippen LogP contribution in [0.1, 0.15) is 42.1 Å². The number of carbonyl (C=O) groups is 1. The molecule has 1 atom stereocenters. The molecule has 0 radical (unpaired) electrons. The van der Waals surface area contributed by atoms with Gasteiger partial charge in [0.05, 0.1) is 48.1 Å². The molecular weight excluding hydrogens is 614 g/mol. The standard InChI is InChI=1S/C37H31N3O6S/c1-4-44-31-17-15-24(18-32(31)45-5-2)34-29(36(42)43-3)21-39-37-40(34)35(41)33(47-37)19-28-27-13-9-8-10-23(27)14-16-30(28)46-22-26-12-7-6-11-25(26)20-38/h6-19,21,34H,4-5,22H2,1-3H3/b33-19+/t34-/m0/s1. The fourth-order valence-electron chi connectivity index (χ4n) is 5.58. The van der Waals surface area contributed by atoms with E-state index in [4.69, 9.17) is 18.9 Å². The summed E-state index contributed by atoms with van der Waals surface area (Å²) >= 11 is 1.22. The molecule has 0 amide bonds. The molecule has 1 aliphatic heterocycles. The zero-order chi connectivity index (χ0) is 32.9. The third-order valence-corrected chi connectivity index (χ3v) is 8.73. The fraction of sp³-hybridized carbons (Fsp3) is 0.189. The summed E-state index contributed by atoms with van der Waals surface area (Å²) in [5.74, 6) is 1.03. The Morgan fingerprint density at radius 3 is 2.49 bits per heavy atom. The molecule has 10 heteroatoms. The number of nitriles is 1. The third-order valence-electron chi connectivity index (χ3n) is 7.74. The van der Waals surface area contributed by atoms with Crippen LogP contribution in [-0.2, 0) is 16.1 Å². The Morgan fingerprint density at radius 2 is 1.70 bits per heavy atom. The predicted molar refractivity (Wildman–Crippen MR) is 179 cm³/mol. The number of methoxy groups -OCH3 is 1. The second kappa shape index (κ2) is 13.8. The molecule has 9 nitrogen and oxygen atoms in total. The van der Waals surface area contributed by atoms with Crippen molar-refractivity contribution < 1.29 is 23.7 Å². The Kier molecular flexibility index (Phi) is 9.18. The van der Waals surface area contributed by atoms with Crippen LogP contribution in [0.15, 0.2) is 100 Å². The van der Waals surface area contributed by atoms with Gasteiger partial charge in [0.2, 0.25) is 0 Å². The van der Waals surface area contributed by atoms with E-state index < -0.39 is 12.0 Å². The van der Waals surface area contributed by atoms with Gasteiger partial charge in [-0.1, -0.05) is 65.9 Å². The Morgan fingerprint density at radius 1 is 0.957 bits per heavy atom. The van der Waals surface area contributed by atoms with Crippen LogP contribution >= 0.6 is 11.3 Å². The Hall–Kier alpha value is -5.66. The molecule has 0 fully saturated rings. The summed E-state index contributed by atoms with van der Waals surface area (Å²) in [7, 11) is 1.30. The Balaban J connectivity index is 1.51. The minimum Gasteiger partial charge on any atom is -0.490 e. The number of esters is 1. The second-order valence-corrected chi connectivity index (χ2v) is 11.5. The molecular formula is C37H31N3O6S. The topological polar surface area (TPSA) is 112 Å². The van der Waals surface area contributed by atoms with Crippen molar-refractivity contribution in [2.24, 2.45) is 4.99 Å². The van der Waals surface area contributed by atoms with Gasteiger partial charge in [0, 0.05) is 17.3 Å². The average molecular weight is 646 g/mol. The predicted octanol–water partition coefficient (Wildman–Crippen LogP) is 5.42. The normalized spacial score (nSPS) is 14.0. The van der Waals surface area contributed by atoms with E-state index in [-0.39, 0.29) is 17.7 Å². The van der Waals surface area contributed by atoms with E-state index in [1.807, 2.05) is 74.5 Å². The van der Waals surface area contributed by atoms with Crippen LogP contribution in [0.3, 0.4) is 0 Å². The van der Waals surface area contributed by atoms with Gasteiger partial charge >= 0.3 is 5.97 Å². The van der Waals surface area contributed by atoms with Gasteiger partial charge < -0.3 is 18.9 Å². The van der Waals surface area contributed by atoms with Crippen LogP contribution in [0.5, 0.6) is 17.2 Å². The highest BCUT2D eigenvalue weighted by atomic mass is 32.1. The van der Waals surface area contributed by atoms with Crippen LogP contribution in [-0.4, -0.2) is 30.9 Å². The number of benzene rings is 4. The maximum absolute atomic E-state index is 14.3. The number of thiazole rings is 1. The molecule has 1 aromatic heterocycles. The second-order valence-electron chi connectivity index (χ2n) is 10.5. The van der Waals surface area contributed by atoms with Gasteiger partial charge in [-0.2, -0.15) is 5.26 Å². The number of nitrogens with zero attached hydrogens (tertiary/aromatic N) is 3. The van der Waals surface area contributed by atoms with Crippen molar-refractivity contribution in [2.45, 2.75) is 26.5 Å². The largest absolute Gasteiger partial charge is 0.490 e. The molecule has 0 bridgehead atoms. The molecule has 47 heavy (non-hydrogen) atoms. The quantitative estimate of drug-likeness (QED) is 0.187. The number of rotatable bonds is 10. The highest BCUT2D eigenvalue weighted by molar-refractivity contribution is 7.07. The zero-order valence-electron chi connectivity index (χ0n) is 26.1. The van der Waals surface area contributed by atoms with E-state index >= 15 is 0 Å². The van der Waals surface area contributed by atoms with E-state index in [1.54, 1.807) is 24.3 Å². The minimum absolute atomic E-state index is 0.173. The van der Waals surface area contributed by atoms with Gasteiger partial charge in [0.1, 0.15) is 12.4 Å². The fourth-order valence-corrected chi connectivity index (χ4v) is 6.53. The zero-order valence-corrected chi connectivity index (χ0v) is 26.9. The van der Waals surface area contributed by atoms with Crippen molar-refractivity contribution in [3.05, 3.63) is 133 Å². The van der Waals surface area contributed by atoms with E-state index in [1.165, 1.54) is 29.2 Å². The summed E-state index contributed by atoms with van der Waals surface area (Å²) in [6.07, 6.45) is 3.27. The van der Waals surface area contributed by atoms with Crippen molar-refractivity contribution in [3.8, 4) is 23.3 Å². The highest BCUT2D eigenvalue weighted by Gasteiger charge is 2.31. The van der Waals surface area contributed by atoms with Crippen molar-refractivity contribution in [2.75, 3.05) is 20.3 Å². The molecule has 0 saturated heterocycles. The van der Waals surface area contributed by atoms with E-state index in [0.717, 1.165) is 16.3 Å². The van der Waals surface area contributed by atoms with E-state index in [2.05, 4.69) is 11.1 Å². The molecule has 236 valence electrons. The lowest BCUT2D eigenvalue weighted by Gasteiger charge is -2.23. The first-order valence-electron chi connectivity index (χ1n) is 15.1. The van der Waals surface area contributed by atoms with Gasteiger partial charge in [-0.15, -0.1) is 0 Å². The molecule has 2 heterocycles.